The minimum Gasteiger partial charge on any atom is -0.478 e. The van der Waals surface area contributed by atoms with Crippen LogP contribution in [-0.4, -0.2) is 16.1 Å². The molecule has 0 saturated carbocycles. The van der Waals surface area contributed by atoms with Crippen LogP contribution >= 0.6 is 0 Å². The highest BCUT2D eigenvalue weighted by molar-refractivity contribution is 5.87. The van der Waals surface area contributed by atoms with Crippen LogP contribution in [0.2, 0.25) is 0 Å². The summed E-state index contributed by atoms with van der Waals surface area (Å²) in [7, 11) is 0. The fourth-order valence-electron chi connectivity index (χ4n) is 1.70. The molecule has 2 aromatic rings. The number of carboxylic acid groups (broad SMARTS) is 1. The minimum atomic E-state index is -0.957. The molecule has 0 aliphatic carbocycles. The van der Waals surface area contributed by atoms with Gasteiger partial charge in [0.05, 0.1) is 17.8 Å². The van der Waals surface area contributed by atoms with Gasteiger partial charge in [-0.15, -0.1) is 0 Å². The second kappa shape index (κ2) is 5.52. The second-order valence-corrected chi connectivity index (χ2v) is 4.50. The number of aryl methyl sites for hydroxylation is 2. The molecule has 0 radical (unpaired) electrons. The molecule has 0 atom stereocenters. The van der Waals surface area contributed by atoms with E-state index in [1.807, 2.05) is 6.07 Å². The van der Waals surface area contributed by atoms with Crippen LogP contribution in [0.5, 0.6) is 0 Å². The first-order valence-electron chi connectivity index (χ1n) is 6.05. The van der Waals surface area contributed by atoms with Gasteiger partial charge in [0.2, 0.25) is 0 Å². The van der Waals surface area contributed by atoms with E-state index in [1.165, 1.54) is 17.3 Å². The molecule has 4 nitrogen and oxygen atoms in total. The third kappa shape index (κ3) is 3.31. The van der Waals surface area contributed by atoms with Crippen molar-refractivity contribution in [3.05, 3.63) is 58.9 Å². The van der Waals surface area contributed by atoms with Crippen molar-refractivity contribution in [1.82, 2.24) is 4.98 Å². The van der Waals surface area contributed by atoms with Crippen LogP contribution in [0.25, 0.3) is 0 Å². The first kappa shape index (κ1) is 13.1. The molecule has 2 N–H and O–H groups in total. The molecule has 0 saturated heterocycles. The van der Waals surface area contributed by atoms with Gasteiger partial charge in [0.25, 0.3) is 0 Å². The third-order valence-electron chi connectivity index (χ3n) is 3.05. The average Bonchev–Trinajstić information content (AvgIpc) is 2.40. The van der Waals surface area contributed by atoms with Crippen LogP contribution < -0.4 is 5.32 Å². The van der Waals surface area contributed by atoms with Crippen molar-refractivity contribution < 1.29 is 9.90 Å². The maximum atomic E-state index is 10.7. The van der Waals surface area contributed by atoms with E-state index in [2.05, 4.69) is 36.3 Å². The SMILES string of the molecule is Cc1ccc(NCc2ccc(C(=O)O)cn2)cc1C. The summed E-state index contributed by atoms with van der Waals surface area (Å²) in [6, 6.07) is 9.46. The number of anilines is 1. The number of aromatic nitrogens is 1. The Labute approximate surface area is 112 Å². The van der Waals surface area contributed by atoms with Crippen LogP contribution in [0, 0.1) is 13.8 Å². The fraction of sp³-hybridized carbons (Fsp3) is 0.200. The molecule has 0 aliphatic heterocycles. The second-order valence-electron chi connectivity index (χ2n) is 4.50. The number of pyridine rings is 1. The fourth-order valence-corrected chi connectivity index (χ4v) is 1.70. The van der Waals surface area contributed by atoms with Crippen LogP contribution in [0.3, 0.4) is 0 Å². The monoisotopic (exact) mass is 256 g/mol. The zero-order valence-electron chi connectivity index (χ0n) is 11.0. The molecular formula is C15H16N2O2. The molecule has 4 heteroatoms. The highest BCUT2D eigenvalue weighted by Crippen LogP contribution is 2.14. The predicted octanol–water partition coefficient (Wildman–Crippen LogP) is 3.01. The maximum absolute atomic E-state index is 10.7. The lowest BCUT2D eigenvalue weighted by atomic mass is 10.1. The Morgan fingerprint density at radius 2 is 2.00 bits per heavy atom. The van der Waals surface area contributed by atoms with E-state index in [-0.39, 0.29) is 5.56 Å². The van der Waals surface area contributed by atoms with E-state index in [9.17, 15) is 4.79 Å². The number of aromatic carboxylic acids is 1. The van der Waals surface area contributed by atoms with Crippen molar-refractivity contribution in [3.8, 4) is 0 Å². The quantitative estimate of drug-likeness (QED) is 0.882. The Morgan fingerprint density at radius 1 is 1.21 bits per heavy atom. The number of carbonyl (C=O) groups is 1. The zero-order valence-corrected chi connectivity index (χ0v) is 11.0. The Bertz CT molecular complexity index is 592. The number of hydrogen-bond donors (Lipinski definition) is 2. The summed E-state index contributed by atoms with van der Waals surface area (Å²) < 4.78 is 0. The van der Waals surface area contributed by atoms with E-state index in [0.717, 1.165) is 11.4 Å². The summed E-state index contributed by atoms with van der Waals surface area (Å²) in [6.45, 7) is 4.72. The van der Waals surface area contributed by atoms with E-state index in [4.69, 9.17) is 5.11 Å². The summed E-state index contributed by atoms with van der Waals surface area (Å²) in [5.41, 5.74) is 4.54. The Balaban J connectivity index is 2.01. The van der Waals surface area contributed by atoms with E-state index < -0.39 is 5.97 Å². The summed E-state index contributed by atoms with van der Waals surface area (Å²) in [5.74, 6) is -0.957. The predicted molar refractivity (Wildman–Crippen MR) is 74.4 cm³/mol. The van der Waals surface area contributed by atoms with Gasteiger partial charge in [-0.1, -0.05) is 6.07 Å². The van der Waals surface area contributed by atoms with Crippen LogP contribution in [0.4, 0.5) is 5.69 Å². The standard InChI is InChI=1S/C15H16N2O2/c1-10-3-5-13(7-11(10)2)17-9-14-6-4-12(8-16-14)15(18)19/h3-8,17H,9H2,1-2H3,(H,18,19). The summed E-state index contributed by atoms with van der Waals surface area (Å²) in [6.07, 6.45) is 1.37. The Hall–Kier alpha value is -2.36. The molecule has 0 unspecified atom stereocenters. The highest BCUT2D eigenvalue weighted by atomic mass is 16.4. The van der Waals surface area contributed by atoms with Gasteiger partial charge in [-0.3, -0.25) is 4.98 Å². The summed E-state index contributed by atoms with van der Waals surface area (Å²) in [4.78, 5) is 14.8. The molecule has 1 aromatic heterocycles. The van der Waals surface area contributed by atoms with Crippen molar-refractivity contribution in [1.29, 1.82) is 0 Å². The molecule has 1 aromatic carbocycles. The van der Waals surface area contributed by atoms with Crippen molar-refractivity contribution in [2.24, 2.45) is 0 Å². The first-order valence-corrected chi connectivity index (χ1v) is 6.05. The first-order chi connectivity index (χ1) is 9.06. The van der Waals surface area contributed by atoms with Gasteiger partial charge in [0.15, 0.2) is 0 Å². The van der Waals surface area contributed by atoms with Gasteiger partial charge < -0.3 is 10.4 Å². The molecule has 0 fully saturated rings. The average molecular weight is 256 g/mol. The molecule has 1 heterocycles. The van der Waals surface area contributed by atoms with Crippen molar-refractivity contribution in [2.45, 2.75) is 20.4 Å². The number of nitrogens with one attached hydrogen (secondary N) is 1. The molecule has 0 aliphatic rings. The topological polar surface area (TPSA) is 62.2 Å². The van der Waals surface area contributed by atoms with Crippen LogP contribution in [0.1, 0.15) is 27.2 Å². The van der Waals surface area contributed by atoms with E-state index >= 15 is 0 Å². The van der Waals surface area contributed by atoms with Gasteiger partial charge in [-0.25, -0.2) is 4.79 Å². The Kier molecular flexibility index (Phi) is 3.80. The summed E-state index contributed by atoms with van der Waals surface area (Å²) in [5, 5.41) is 12.1. The van der Waals surface area contributed by atoms with E-state index in [1.54, 1.807) is 12.1 Å². The number of rotatable bonds is 4. The molecule has 0 spiro atoms. The number of benzene rings is 1. The number of carboxylic acids is 1. The molecule has 98 valence electrons. The minimum absolute atomic E-state index is 0.204. The van der Waals surface area contributed by atoms with Gasteiger partial charge in [0, 0.05) is 11.9 Å². The van der Waals surface area contributed by atoms with Gasteiger partial charge in [-0.05, 0) is 49.2 Å². The number of hydrogen-bond acceptors (Lipinski definition) is 3. The van der Waals surface area contributed by atoms with Crippen LogP contribution in [0.15, 0.2) is 36.5 Å². The van der Waals surface area contributed by atoms with E-state index in [0.29, 0.717) is 6.54 Å². The van der Waals surface area contributed by atoms with Gasteiger partial charge in [0.1, 0.15) is 0 Å². The van der Waals surface area contributed by atoms with Crippen molar-refractivity contribution >= 4 is 11.7 Å². The molecule has 19 heavy (non-hydrogen) atoms. The smallest absolute Gasteiger partial charge is 0.337 e. The summed E-state index contributed by atoms with van der Waals surface area (Å²) >= 11 is 0. The zero-order chi connectivity index (χ0) is 13.8. The lowest BCUT2D eigenvalue weighted by molar-refractivity contribution is 0.0696. The van der Waals surface area contributed by atoms with Gasteiger partial charge >= 0.3 is 5.97 Å². The molecule has 0 amide bonds. The van der Waals surface area contributed by atoms with Crippen molar-refractivity contribution in [3.63, 3.8) is 0 Å². The van der Waals surface area contributed by atoms with Crippen molar-refractivity contribution in [2.75, 3.05) is 5.32 Å². The highest BCUT2D eigenvalue weighted by Gasteiger charge is 2.03. The van der Waals surface area contributed by atoms with Gasteiger partial charge in [-0.2, -0.15) is 0 Å². The Morgan fingerprint density at radius 3 is 2.58 bits per heavy atom. The normalized spacial score (nSPS) is 10.2. The number of nitrogens with zero attached hydrogens (tertiary/aromatic N) is 1. The lowest BCUT2D eigenvalue weighted by Gasteiger charge is -2.08. The maximum Gasteiger partial charge on any atom is 0.337 e. The largest absolute Gasteiger partial charge is 0.478 e. The lowest BCUT2D eigenvalue weighted by Crippen LogP contribution is -2.04. The third-order valence-corrected chi connectivity index (χ3v) is 3.05. The molecule has 2 rings (SSSR count). The molecule has 0 bridgehead atoms. The molecular weight excluding hydrogens is 240 g/mol. The van der Waals surface area contributed by atoms with Crippen LogP contribution in [-0.2, 0) is 6.54 Å².